The maximum absolute atomic E-state index is 12.3. The van der Waals surface area contributed by atoms with Gasteiger partial charge in [0.25, 0.3) is 0 Å². The molecular weight excluding hydrogens is 264 g/mol. The fourth-order valence-electron chi connectivity index (χ4n) is 1.76. The number of methoxy groups -OCH3 is 3. The average molecular weight is 278 g/mol. The van der Waals surface area contributed by atoms with Crippen molar-refractivity contribution in [1.29, 1.82) is 0 Å². The second-order valence-corrected chi connectivity index (χ2v) is 4.67. The largest absolute Gasteiger partial charge is 0.493 e. The minimum Gasteiger partial charge on any atom is -0.493 e. The van der Waals surface area contributed by atoms with Crippen LogP contribution in [0.3, 0.4) is 0 Å². The molecule has 0 atom stereocenters. The Hall–Kier alpha value is -2.01. The zero-order valence-corrected chi connectivity index (χ0v) is 11.7. The minimum absolute atomic E-state index is 0.0609. The van der Waals surface area contributed by atoms with E-state index in [-0.39, 0.29) is 5.78 Å². The van der Waals surface area contributed by atoms with E-state index < -0.39 is 0 Å². The van der Waals surface area contributed by atoms with Gasteiger partial charge in [0.2, 0.25) is 11.5 Å². The van der Waals surface area contributed by atoms with Crippen molar-refractivity contribution in [2.45, 2.75) is 0 Å². The number of hydrogen-bond donors (Lipinski definition) is 0. The first-order valence-electron chi connectivity index (χ1n) is 5.59. The second kappa shape index (κ2) is 5.75. The summed E-state index contributed by atoms with van der Waals surface area (Å²) in [5.74, 6) is 1.37. The molecule has 2 rings (SSSR count). The first kappa shape index (κ1) is 13.4. The number of ether oxygens (including phenoxy) is 3. The predicted molar refractivity (Wildman–Crippen MR) is 73.8 cm³/mol. The van der Waals surface area contributed by atoms with Crippen molar-refractivity contribution in [3.05, 3.63) is 40.1 Å². The van der Waals surface area contributed by atoms with Gasteiger partial charge in [0.1, 0.15) is 0 Å². The Morgan fingerprint density at radius 3 is 2.11 bits per heavy atom. The first-order chi connectivity index (χ1) is 9.21. The highest BCUT2D eigenvalue weighted by molar-refractivity contribution is 7.12. The molecule has 0 radical (unpaired) electrons. The lowest BCUT2D eigenvalue weighted by Gasteiger charge is -2.13. The van der Waals surface area contributed by atoms with Crippen LogP contribution in [-0.4, -0.2) is 27.1 Å². The summed E-state index contributed by atoms with van der Waals surface area (Å²) in [5.41, 5.74) is 0.511. The van der Waals surface area contributed by atoms with Crippen LogP contribution in [0.1, 0.15) is 15.2 Å². The number of hydrogen-bond acceptors (Lipinski definition) is 5. The van der Waals surface area contributed by atoms with Gasteiger partial charge in [0.05, 0.1) is 26.2 Å². The molecule has 0 bridgehead atoms. The van der Waals surface area contributed by atoms with Gasteiger partial charge in [0.15, 0.2) is 11.5 Å². The number of carbonyl (C=O) groups is 1. The fourth-order valence-corrected chi connectivity index (χ4v) is 2.45. The molecule has 1 aromatic carbocycles. The summed E-state index contributed by atoms with van der Waals surface area (Å²) >= 11 is 1.40. The van der Waals surface area contributed by atoms with Gasteiger partial charge in [-0.25, -0.2) is 0 Å². The van der Waals surface area contributed by atoms with Crippen LogP contribution in [0.15, 0.2) is 29.6 Å². The molecule has 0 aliphatic heterocycles. The Kier molecular flexibility index (Phi) is 4.06. The third kappa shape index (κ3) is 2.56. The van der Waals surface area contributed by atoms with Gasteiger partial charge in [-0.1, -0.05) is 6.07 Å². The maximum atomic E-state index is 12.3. The Labute approximate surface area is 115 Å². The van der Waals surface area contributed by atoms with E-state index >= 15 is 0 Å². The van der Waals surface area contributed by atoms with Gasteiger partial charge in [-0.2, -0.15) is 0 Å². The van der Waals surface area contributed by atoms with Gasteiger partial charge in [-0.05, 0) is 23.6 Å². The van der Waals surface area contributed by atoms with Gasteiger partial charge in [-0.15, -0.1) is 11.3 Å². The molecule has 0 unspecified atom stereocenters. The second-order valence-electron chi connectivity index (χ2n) is 3.72. The standard InChI is InChI=1S/C14H14O4S/c1-16-10-7-9(8-11(17-2)14(10)18-3)13(15)12-5-4-6-19-12/h4-8H,1-3H3. The monoisotopic (exact) mass is 278 g/mol. The summed E-state index contributed by atoms with van der Waals surface area (Å²) in [4.78, 5) is 13.0. The molecule has 1 aromatic heterocycles. The lowest BCUT2D eigenvalue weighted by molar-refractivity contribution is 0.104. The summed E-state index contributed by atoms with van der Waals surface area (Å²) in [6, 6.07) is 6.94. The third-order valence-electron chi connectivity index (χ3n) is 2.67. The minimum atomic E-state index is -0.0609. The zero-order chi connectivity index (χ0) is 13.8. The average Bonchev–Trinajstić information content (AvgIpc) is 2.98. The van der Waals surface area contributed by atoms with Crippen LogP contribution >= 0.6 is 11.3 Å². The lowest BCUT2D eigenvalue weighted by Crippen LogP contribution is -2.02. The van der Waals surface area contributed by atoms with Gasteiger partial charge >= 0.3 is 0 Å². The van der Waals surface area contributed by atoms with Crippen molar-refractivity contribution in [1.82, 2.24) is 0 Å². The number of carbonyl (C=O) groups excluding carboxylic acids is 1. The summed E-state index contributed by atoms with van der Waals surface area (Å²) in [6.45, 7) is 0. The predicted octanol–water partition coefficient (Wildman–Crippen LogP) is 3.00. The Morgan fingerprint density at radius 2 is 1.68 bits per heavy atom. The summed E-state index contributed by atoms with van der Waals surface area (Å²) in [5, 5.41) is 1.87. The Balaban J connectivity index is 2.50. The van der Waals surface area contributed by atoms with E-state index in [0.717, 1.165) is 0 Å². The van der Waals surface area contributed by atoms with Crippen LogP contribution in [-0.2, 0) is 0 Å². The van der Waals surface area contributed by atoms with E-state index in [1.165, 1.54) is 32.7 Å². The molecule has 4 nitrogen and oxygen atoms in total. The normalized spacial score (nSPS) is 10.1. The highest BCUT2D eigenvalue weighted by Crippen LogP contribution is 2.38. The summed E-state index contributed by atoms with van der Waals surface area (Å²) in [7, 11) is 4.58. The van der Waals surface area contributed by atoms with E-state index in [1.54, 1.807) is 18.2 Å². The molecule has 100 valence electrons. The highest BCUT2D eigenvalue weighted by atomic mass is 32.1. The number of thiophene rings is 1. The summed E-state index contributed by atoms with van der Waals surface area (Å²) in [6.07, 6.45) is 0. The van der Waals surface area contributed by atoms with Gasteiger partial charge < -0.3 is 14.2 Å². The molecule has 0 aliphatic carbocycles. The first-order valence-corrected chi connectivity index (χ1v) is 6.47. The molecule has 5 heteroatoms. The number of ketones is 1. The summed E-state index contributed by atoms with van der Waals surface area (Å²) < 4.78 is 15.7. The van der Waals surface area contributed by atoms with Crippen LogP contribution in [0.2, 0.25) is 0 Å². The molecule has 2 aromatic rings. The molecule has 0 spiro atoms. The van der Waals surface area contributed by atoms with Crippen LogP contribution in [0, 0.1) is 0 Å². The number of benzene rings is 1. The lowest BCUT2D eigenvalue weighted by atomic mass is 10.1. The van der Waals surface area contributed by atoms with E-state index in [1.807, 2.05) is 11.4 Å². The Bertz CT molecular complexity index is 550. The van der Waals surface area contributed by atoms with Crippen LogP contribution < -0.4 is 14.2 Å². The van der Waals surface area contributed by atoms with Crippen molar-refractivity contribution in [3.8, 4) is 17.2 Å². The SMILES string of the molecule is COc1cc(C(=O)c2cccs2)cc(OC)c1OC. The molecule has 0 saturated heterocycles. The van der Waals surface area contributed by atoms with E-state index in [0.29, 0.717) is 27.7 Å². The van der Waals surface area contributed by atoms with Gasteiger partial charge in [0, 0.05) is 5.56 Å². The molecule has 0 fully saturated rings. The van der Waals surface area contributed by atoms with Crippen LogP contribution in [0.25, 0.3) is 0 Å². The molecule has 19 heavy (non-hydrogen) atoms. The van der Waals surface area contributed by atoms with Crippen molar-refractivity contribution >= 4 is 17.1 Å². The number of rotatable bonds is 5. The quantitative estimate of drug-likeness (QED) is 0.789. The third-order valence-corrected chi connectivity index (χ3v) is 3.54. The molecular formula is C14H14O4S. The van der Waals surface area contributed by atoms with Crippen LogP contribution in [0.5, 0.6) is 17.2 Å². The Morgan fingerprint density at radius 1 is 1.05 bits per heavy atom. The van der Waals surface area contributed by atoms with E-state index in [9.17, 15) is 4.79 Å². The fraction of sp³-hybridized carbons (Fsp3) is 0.214. The molecule has 0 amide bonds. The maximum Gasteiger partial charge on any atom is 0.203 e. The molecule has 0 saturated carbocycles. The molecule has 0 N–H and O–H groups in total. The zero-order valence-electron chi connectivity index (χ0n) is 10.9. The van der Waals surface area contributed by atoms with Crippen molar-refractivity contribution in [3.63, 3.8) is 0 Å². The van der Waals surface area contributed by atoms with Crippen molar-refractivity contribution < 1.29 is 19.0 Å². The smallest absolute Gasteiger partial charge is 0.203 e. The van der Waals surface area contributed by atoms with Crippen molar-refractivity contribution in [2.75, 3.05) is 21.3 Å². The van der Waals surface area contributed by atoms with E-state index in [4.69, 9.17) is 14.2 Å². The van der Waals surface area contributed by atoms with Crippen LogP contribution in [0.4, 0.5) is 0 Å². The van der Waals surface area contributed by atoms with Crippen molar-refractivity contribution in [2.24, 2.45) is 0 Å². The van der Waals surface area contributed by atoms with Gasteiger partial charge in [-0.3, -0.25) is 4.79 Å². The van der Waals surface area contributed by atoms with E-state index in [2.05, 4.69) is 0 Å². The highest BCUT2D eigenvalue weighted by Gasteiger charge is 2.18. The molecule has 1 heterocycles. The topological polar surface area (TPSA) is 44.8 Å². The molecule has 0 aliphatic rings.